The lowest BCUT2D eigenvalue weighted by molar-refractivity contribution is 0.0992. The fourth-order valence-corrected chi connectivity index (χ4v) is 2.86. The molecule has 0 spiro atoms. The predicted octanol–water partition coefficient (Wildman–Crippen LogP) is 2.81. The highest BCUT2D eigenvalue weighted by Gasteiger charge is 2.29. The Balaban J connectivity index is 2.88. The zero-order valence-corrected chi connectivity index (χ0v) is 11.0. The molecule has 0 saturated heterocycles. The van der Waals surface area contributed by atoms with Crippen molar-refractivity contribution in [2.24, 2.45) is 0 Å². The van der Waals surface area contributed by atoms with Gasteiger partial charge in [0.05, 0.1) is 5.25 Å². The second kappa shape index (κ2) is 4.91. The molecule has 1 rings (SSSR count). The Morgan fingerprint density at radius 3 is 2.12 bits per heavy atom. The van der Waals surface area contributed by atoms with Gasteiger partial charge in [-0.15, -0.1) is 0 Å². The van der Waals surface area contributed by atoms with Crippen LogP contribution in [0.5, 0.6) is 0 Å². The van der Waals surface area contributed by atoms with Crippen molar-refractivity contribution in [2.75, 3.05) is 0 Å². The number of benzene rings is 1. The second-order valence-corrected chi connectivity index (χ2v) is 7.31. The van der Waals surface area contributed by atoms with Crippen LogP contribution in [0.4, 0.5) is 0 Å². The van der Waals surface area contributed by atoms with E-state index in [2.05, 4.69) is 0 Å². The molecule has 0 saturated carbocycles. The highest BCUT2D eigenvalue weighted by atomic mass is 32.2. The van der Waals surface area contributed by atoms with Gasteiger partial charge in [0.1, 0.15) is 0 Å². The van der Waals surface area contributed by atoms with Gasteiger partial charge >= 0.3 is 0 Å². The molecule has 0 bridgehead atoms. The van der Waals surface area contributed by atoms with E-state index in [0.29, 0.717) is 5.56 Å². The minimum absolute atomic E-state index is 0.0474. The van der Waals surface area contributed by atoms with Crippen LogP contribution in [0.2, 0.25) is 0 Å². The van der Waals surface area contributed by atoms with Crippen molar-refractivity contribution in [1.29, 1.82) is 0 Å². The molecule has 0 aromatic heterocycles. The lowest BCUT2D eigenvalue weighted by Crippen LogP contribution is -2.34. The monoisotopic (exact) mass is 238 g/mol. The van der Waals surface area contributed by atoms with Gasteiger partial charge in [-0.25, -0.2) is 0 Å². The van der Waals surface area contributed by atoms with E-state index in [0.717, 1.165) is 0 Å². The van der Waals surface area contributed by atoms with Gasteiger partial charge in [-0.3, -0.25) is 9.00 Å². The molecular weight excluding hydrogens is 220 g/mol. The van der Waals surface area contributed by atoms with Crippen LogP contribution in [-0.2, 0) is 10.8 Å². The van der Waals surface area contributed by atoms with Crippen molar-refractivity contribution in [3.8, 4) is 0 Å². The molecule has 1 aromatic rings. The number of carbonyl (C=O) groups is 1. The Bertz CT molecular complexity index is 390. The van der Waals surface area contributed by atoms with E-state index in [1.54, 1.807) is 19.1 Å². The average Bonchev–Trinajstić information content (AvgIpc) is 2.26. The summed E-state index contributed by atoms with van der Waals surface area (Å²) in [5.41, 5.74) is 0.632. The third kappa shape index (κ3) is 3.01. The highest BCUT2D eigenvalue weighted by molar-refractivity contribution is 7.87. The number of ketones is 1. The lowest BCUT2D eigenvalue weighted by Gasteiger charge is -2.22. The van der Waals surface area contributed by atoms with Crippen LogP contribution in [0.25, 0.3) is 0 Å². The van der Waals surface area contributed by atoms with E-state index in [-0.39, 0.29) is 10.5 Å². The van der Waals surface area contributed by atoms with Gasteiger partial charge in [-0.05, 0) is 27.7 Å². The predicted molar refractivity (Wildman–Crippen MR) is 68.1 cm³/mol. The number of Topliss-reactive ketones (excluding diaryl/α,β-unsaturated/α-hetero) is 1. The summed E-state index contributed by atoms with van der Waals surface area (Å²) < 4.78 is 11.7. The third-order valence-corrected chi connectivity index (χ3v) is 4.42. The van der Waals surface area contributed by atoms with E-state index in [4.69, 9.17) is 0 Å². The molecule has 3 heteroatoms. The zero-order chi connectivity index (χ0) is 12.3. The zero-order valence-electron chi connectivity index (χ0n) is 10.2. The summed E-state index contributed by atoms with van der Waals surface area (Å²) in [6.07, 6.45) is 0. The van der Waals surface area contributed by atoms with E-state index in [1.807, 2.05) is 39.0 Å². The normalized spacial score (nSPS) is 15.5. The van der Waals surface area contributed by atoms with Gasteiger partial charge in [0.25, 0.3) is 0 Å². The standard InChI is InChI=1S/C13H18O2S/c1-10(16(15)13(2,3)4)12(14)11-8-6-5-7-9-11/h5-10H,1-4H3. The van der Waals surface area contributed by atoms with Gasteiger partial charge in [0.2, 0.25) is 0 Å². The first-order valence-electron chi connectivity index (χ1n) is 5.34. The fourth-order valence-electron chi connectivity index (χ4n) is 1.46. The molecule has 0 aliphatic carbocycles. The summed E-state index contributed by atoms with van der Waals surface area (Å²) in [4.78, 5) is 12.0. The number of hydrogen-bond donors (Lipinski definition) is 0. The summed E-state index contributed by atoms with van der Waals surface area (Å²) in [6, 6.07) is 9.03. The molecule has 0 aliphatic heterocycles. The summed E-state index contributed by atoms with van der Waals surface area (Å²) in [6.45, 7) is 7.39. The Kier molecular flexibility index (Phi) is 4.03. The molecule has 2 unspecified atom stereocenters. The molecule has 0 aliphatic rings. The van der Waals surface area contributed by atoms with Crippen molar-refractivity contribution in [3.05, 3.63) is 35.9 Å². The molecule has 2 atom stereocenters. The first-order chi connectivity index (χ1) is 7.34. The SMILES string of the molecule is CC(C(=O)c1ccccc1)S(=O)C(C)(C)C. The smallest absolute Gasteiger partial charge is 0.178 e. The van der Waals surface area contributed by atoms with E-state index >= 15 is 0 Å². The van der Waals surface area contributed by atoms with Crippen LogP contribution in [0.15, 0.2) is 30.3 Å². The van der Waals surface area contributed by atoms with Gasteiger partial charge in [-0.2, -0.15) is 0 Å². The van der Waals surface area contributed by atoms with Gasteiger partial charge in [0, 0.05) is 21.1 Å². The summed E-state index contributed by atoms with van der Waals surface area (Å²) in [5, 5.41) is -0.456. The molecular formula is C13H18O2S. The van der Waals surface area contributed by atoms with E-state index < -0.39 is 16.0 Å². The van der Waals surface area contributed by atoms with Gasteiger partial charge in [0.15, 0.2) is 5.78 Å². The Labute approximate surface area is 99.5 Å². The van der Waals surface area contributed by atoms with Crippen molar-refractivity contribution in [2.45, 2.75) is 37.7 Å². The molecule has 0 radical (unpaired) electrons. The van der Waals surface area contributed by atoms with Crippen molar-refractivity contribution in [1.82, 2.24) is 0 Å². The minimum Gasteiger partial charge on any atom is -0.293 e. The maximum absolute atomic E-state index is 12.1. The van der Waals surface area contributed by atoms with Crippen molar-refractivity contribution < 1.29 is 9.00 Å². The molecule has 16 heavy (non-hydrogen) atoms. The van der Waals surface area contributed by atoms with Crippen LogP contribution in [0.3, 0.4) is 0 Å². The number of carbonyl (C=O) groups excluding carboxylic acids is 1. The highest BCUT2D eigenvalue weighted by Crippen LogP contribution is 2.18. The largest absolute Gasteiger partial charge is 0.293 e. The number of hydrogen-bond acceptors (Lipinski definition) is 2. The van der Waals surface area contributed by atoms with E-state index in [9.17, 15) is 9.00 Å². The summed E-state index contributed by atoms with van der Waals surface area (Å²) >= 11 is 0. The number of rotatable bonds is 3. The average molecular weight is 238 g/mol. The Morgan fingerprint density at radius 1 is 1.19 bits per heavy atom. The lowest BCUT2D eigenvalue weighted by atomic mass is 10.1. The molecule has 0 heterocycles. The van der Waals surface area contributed by atoms with Crippen LogP contribution in [0, 0.1) is 0 Å². The van der Waals surface area contributed by atoms with Crippen LogP contribution in [0.1, 0.15) is 38.1 Å². The van der Waals surface area contributed by atoms with Crippen LogP contribution in [-0.4, -0.2) is 20.0 Å². The molecule has 2 nitrogen and oxygen atoms in total. The Morgan fingerprint density at radius 2 is 1.69 bits per heavy atom. The topological polar surface area (TPSA) is 34.1 Å². The van der Waals surface area contributed by atoms with Crippen LogP contribution < -0.4 is 0 Å². The fraction of sp³-hybridized carbons (Fsp3) is 0.462. The summed E-state index contributed by atoms with van der Waals surface area (Å²) in [5.74, 6) is -0.0474. The van der Waals surface area contributed by atoms with Crippen molar-refractivity contribution in [3.63, 3.8) is 0 Å². The van der Waals surface area contributed by atoms with Crippen LogP contribution >= 0.6 is 0 Å². The summed E-state index contributed by atoms with van der Waals surface area (Å²) in [7, 11) is -1.16. The molecule has 0 N–H and O–H groups in total. The van der Waals surface area contributed by atoms with Gasteiger partial charge in [-0.1, -0.05) is 30.3 Å². The van der Waals surface area contributed by atoms with Gasteiger partial charge < -0.3 is 0 Å². The third-order valence-electron chi connectivity index (χ3n) is 2.35. The minimum atomic E-state index is -1.16. The Hall–Kier alpha value is -0.960. The second-order valence-electron chi connectivity index (χ2n) is 4.78. The quantitative estimate of drug-likeness (QED) is 0.759. The maximum atomic E-state index is 12.1. The van der Waals surface area contributed by atoms with Crippen molar-refractivity contribution >= 4 is 16.6 Å². The molecule has 0 fully saturated rings. The molecule has 1 aromatic carbocycles. The maximum Gasteiger partial charge on any atom is 0.178 e. The molecule has 88 valence electrons. The first kappa shape index (κ1) is 13.1. The molecule has 0 amide bonds. The van der Waals surface area contributed by atoms with E-state index in [1.165, 1.54) is 0 Å². The first-order valence-corrected chi connectivity index (χ1v) is 6.55.